The summed E-state index contributed by atoms with van der Waals surface area (Å²) in [5.41, 5.74) is 14.7. The van der Waals surface area contributed by atoms with E-state index in [4.69, 9.17) is 11.3 Å². The van der Waals surface area contributed by atoms with E-state index in [9.17, 15) is 4.79 Å². The second kappa shape index (κ2) is 7.07. The van der Waals surface area contributed by atoms with Crippen molar-refractivity contribution in [2.24, 2.45) is 10.8 Å². The van der Waals surface area contributed by atoms with Crippen LogP contribution in [0.4, 0.5) is 0 Å². The number of ketones is 1. The molecule has 86 valence electrons. The highest BCUT2D eigenvalue weighted by Gasteiger charge is 2.01. The van der Waals surface area contributed by atoms with E-state index >= 15 is 0 Å². The number of hydrogen-bond acceptors (Lipinski definition) is 3. The van der Waals surface area contributed by atoms with Crippen molar-refractivity contribution >= 4 is 5.78 Å². The molecular formula is C12H12N4O. The van der Waals surface area contributed by atoms with Gasteiger partial charge in [-0.15, -0.1) is 0 Å². The molecule has 0 saturated heterocycles. The van der Waals surface area contributed by atoms with Gasteiger partial charge < -0.3 is 5.73 Å². The van der Waals surface area contributed by atoms with Crippen LogP contribution in [0.15, 0.2) is 29.4 Å². The van der Waals surface area contributed by atoms with Crippen LogP contribution in [0, 0.1) is 11.8 Å². The van der Waals surface area contributed by atoms with Crippen LogP contribution in [0.1, 0.15) is 22.3 Å². The quantitative estimate of drug-likeness (QED) is 0.213. The van der Waals surface area contributed by atoms with Crippen molar-refractivity contribution in [1.82, 2.24) is 0 Å². The molecular weight excluding hydrogens is 216 g/mol. The van der Waals surface area contributed by atoms with E-state index in [1.807, 2.05) is 0 Å². The third kappa shape index (κ3) is 4.39. The summed E-state index contributed by atoms with van der Waals surface area (Å²) < 4.78 is 0. The minimum atomic E-state index is -0.0899. The normalized spacial score (nSPS) is 8.76. The maximum absolute atomic E-state index is 11.2. The molecule has 0 unspecified atom stereocenters. The van der Waals surface area contributed by atoms with E-state index < -0.39 is 0 Å². The Hall–Kier alpha value is -2.28. The van der Waals surface area contributed by atoms with Gasteiger partial charge in [0.1, 0.15) is 0 Å². The van der Waals surface area contributed by atoms with Crippen molar-refractivity contribution < 1.29 is 4.79 Å². The summed E-state index contributed by atoms with van der Waals surface area (Å²) in [6, 6.07) is 6.94. The molecule has 0 radical (unpaired) electrons. The molecule has 1 rings (SSSR count). The van der Waals surface area contributed by atoms with E-state index in [0.717, 1.165) is 5.56 Å². The summed E-state index contributed by atoms with van der Waals surface area (Å²) in [5, 5.41) is 3.37. The number of benzene rings is 1. The molecule has 0 aromatic heterocycles. The third-order valence-electron chi connectivity index (χ3n) is 2.03. The van der Waals surface area contributed by atoms with E-state index in [1.165, 1.54) is 0 Å². The van der Waals surface area contributed by atoms with Crippen LogP contribution in [0.5, 0.6) is 0 Å². The second-order valence-electron chi connectivity index (χ2n) is 3.21. The third-order valence-corrected chi connectivity index (χ3v) is 2.03. The fraction of sp³-hybridized carbons (Fsp3) is 0.250. The van der Waals surface area contributed by atoms with E-state index in [-0.39, 0.29) is 12.3 Å². The molecule has 1 aromatic rings. The lowest BCUT2D eigenvalue weighted by Gasteiger charge is -1.96. The van der Waals surface area contributed by atoms with Crippen molar-refractivity contribution in [3.8, 4) is 11.8 Å². The zero-order valence-corrected chi connectivity index (χ0v) is 9.26. The monoisotopic (exact) mass is 228 g/mol. The first-order chi connectivity index (χ1) is 8.27. The zero-order chi connectivity index (χ0) is 12.5. The second-order valence-corrected chi connectivity index (χ2v) is 3.21. The molecule has 5 heteroatoms. The minimum absolute atomic E-state index is 0.0111. The topological polar surface area (TPSA) is 91.9 Å². The first-order valence-electron chi connectivity index (χ1n) is 5.11. The molecule has 2 N–H and O–H groups in total. The average molecular weight is 228 g/mol. The molecule has 0 aliphatic rings. The van der Waals surface area contributed by atoms with Crippen LogP contribution in [0.2, 0.25) is 0 Å². The maximum Gasteiger partial charge on any atom is 0.176 e. The maximum atomic E-state index is 11.2. The van der Waals surface area contributed by atoms with E-state index in [0.29, 0.717) is 18.5 Å². The summed E-state index contributed by atoms with van der Waals surface area (Å²) in [6.45, 7) is 0.379. The van der Waals surface area contributed by atoms with Gasteiger partial charge in [-0.05, 0) is 17.7 Å². The Bertz CT molecular complexity index is 489. The van der Waals surface area contributed by atoms with Crippen molar-refractivity contribution in [3.63, 3.8) is 0 Å². The highest BCUT2D eigenvalue weighted by Crippen LogP contribution is 2.03. The summed E-state index contributed by atoms with van der Waals surface area (Å²) in [4.78, 5) is 13.9. The van der Waals surface area contributed by atoms with Crippen molar-refractivity contribution in [3.05, 3.63) is 45.8 Å². The smallest absolute Gasteiger partial charge is 0.176 e. The molecule has 17 heavy (non-hydrogen) atoms. The Morgan fingerprint density at radius 3 is 2.71 bits per heavy atom. The van der Waals surface area contributed by atoms with Crippen molar-refractivity contribution in [2.45, 2.75) is 6.42 Å². The number of hydrogen-bond donors (Lipinski definition) is 1. The first kappa shape index (κ1) is 12.8. The summed E-state index contributed by atoms with van der Waals surface area (Å²) in [5.74, 6) is 5.70. The standard InChI is InChI=1S/C12H12N4O/c13-9-12(17)11-6-4-10(5-7-11)3-1-2-8-15-16-14/h4-7H,2,8-9,13H2. The average Bonchev–Trinajstić information content (AvgIpc) is 2.38. The zero-order valence-electron chi connectivity index (χ0n) is 9.26. The van der Waals surface area contributed by atoms with Gasteiger partial charge in [0.25, 0.3) is 0 Å². The lowest BCUT2D eigenvalue weighted by molar-refractivity contribution is 0.100. The molecule has 1 aromatic carbocycles. The van der Waals surface area contributed by atoms with Gasteiger partial charge in [-0.25, -0.2) is 0 Å². The molecule has 0 aliphatic carbocycles. The fourth-order valence-electron chi connectivity index (χ4n) is 1.17. The molecule has 5 nitrogen and oxygen atoms in total. The summed E-state index contributed by atoms with van der Waals surface area (Å²) in [6.07, 6.45) is 0.521. The van der Waals surface area contributed by atoms with Crippen LogP contribution in [0.25, 0.3) is 10.4 Å². The van der Waals surface area contributed by atoms with Gasteiger partial charge in [0.05, 0.1) is 6.54 Å². The van der Waals surface area contributed by atoms with Gasteiger partial charge >= 0.3 is 0 Å². The van der Waals surface area contributed by atoms with Crippen LogP contribution < -0.4 is 5.73 Å². The van der Waals surface area contributed by atoms with Gasteiger partial charge in [0.2, 0.25) is 0 Å². The number of azide groups is 1. The van der Waals surface area contributed by atoms with Crippen LogP contribution in [0.3, 0.4) is 0 Å². The fourth-order valence-corrected chi connectivity index (χ4v) is 1.17. The molecule has 0 fully saturated rings. The number of nitrogens with two attached hydrogens (primary N) is 1. The molecule has 0 saturated carbocycles. The number of carbonyl (C=O) groups is 1. The van der Waals surface area contributed by atoms with Crippen LogP contribution >= 0.6 is 0 Å². The lowest BCUT2D eigenvalue weighted by Crippen LogP contribution is -2.13. The Labute approximate surface area is 99.3 Å². The van der Waals surface area contributed by atoms with Crippen LogP contribution in [-0.2, 0) is 0 Å². The predicted molar refractivity (Wildman–Crippen MR) is 65.3 cm³/mol. The Morgan fingerprint density at radius 1 is 1.41 bits per heavy atom. The van der Waals surface area contributed by atoms with Gasteiger partial charge in [0, 0.05) is 29.0 Å². The molecule has 0 bridgehead atoms. The highest BCUT2D eigenvalue weighted by atomic mass is 16.1. The van der Waals surface area contributed by atoms with Gasteiger partial charge in [-0.3, -0.25) is 4.79 Å². The Morgan fingerprint density at radius 2 is 2.12 bits per heavy atom. The number of carbonyl (C=O) groups excluding carboxylic acids is 1. The summed E-state index contributed by atoms with van der Waals surface area (Å²) in [7, 11) is 0. The van der Waals surface area contributed by atoms with Crippen molar-refractivity contribution in [2.75, 3.05) is 13.1 Å². The first-order valence-corrected chi connectivity index (χ1v) is 5.11. The molecule has 0 heterocycles. The van der Waals surface area contributed by atoms with Gasteiger partial charge in [-0.1, -0.05) is 29.1 Å². The summed E-state index contributed by atoms with van der Waals surface area (Å²) >= 11 is 0. The van der Waals surface area contributed by atoms with E-state index in [1.54, 1.807) is 24.3 Å². The minimum Gasteiger partial charge on any atom is -0.324 e. The molecule has 0 spiro atoms. The highest BCUT2D eigenvalue weighted by molar-refractivity contribution is 5.97. The van der Waals surface area contributed by atoms with Gasteiger partial charge in [0.15, 0.2) is 5.78 Å². The largest absolute Gasteiger partial charge is 0.324 e. The SMILES string of the molecule is [N-]=[N+]=NCCC#Cc1ccc(C(=O)CN)cc1. The van der Waals surface area contributed by atoms with Crippen molar-refractivity contribution in [1.29, 1.82) is 0 Å². The van der Waals surface area contributed by atoms with Gasteiger partial charge in [-0.2, -0.15) is 0 Å². The number of nitrogens with zero attached hydrogens (tertiary/aromatic N) is 3. The van der Waals surface area contributed by atoms with Crippen LogP contribution in [-0.4, -0.2) is 18.9 Å². The Kier molecular flexibility index (Phi) is 5.32. The molecule has 0 aliphatic heterocycles. The lowest BCUT2D eigenvalue weighted by atomic mass is 10.1. The Balaban J connectivity index is 2.61. The molecule has 0 atom stereocenters. The predicted octanol–water partition coefficient (Wildman–Crippen LogP) is 1.88. The number of rotatable bonds is 4. The molecule has 0 amide bonds. The van der Waals surface area contributed by atoms with E-state index in [2.05, 4.69) is 21.9 Å². The number of Topliss-reactive ketones (excluding diaryl/α,β-unsaturated/α-hetero) is 1.